The first-order valence-corrected chi connectivity index (χ1v) is 7.02. The van der Waals surface area contributed by atoms with Crippen molar-refractivity contribution < 1.29 is 17.9 Å². The fourth-order valence-electron chi connectivity index (χ4n) is 1.80. The van der Waals surface area contributed by atoms with Gasteiger partial charge >= 0.3 is 0 Å². The van der Waals surface area contributed by atoms with Gasteiger partial charge in [0, 0.05) is 24.7 Å². The van der Waals surface area contributed by atoms with Crippen molar-refractivity contribution in [2.75, 3.05) is 20.2 Å². The standard InChI is InChI=1S/C12H14N2O4S/c1-18-10-3-2-4-11(7-10)19(16,17)14-6-5-9(8-14)12(13)15/h2-5,7H,6,8H2,1H3,(H2,13,15). The van der Waals surface area contributed by atoms with E-state index in [1.807, 2.05) is 0 Å². The molecule has 0 radical (unpaired) electrons. The number of methoxy groups -OCH3 is 1. The number of hydrogen-bond donors (Lipinski definition) is 1. The summed E-state index contributed by atoms with van der Waals surface area (Å²) in [5.74, 6) is -0.133. The molecule has 7 heteroatoms. The zero-order valence-corrected chi connectivity index (χ0v) is 11.2. The number of sulfonamides is 1. The summed E-state index contributed by atoms with van der Waals surface area (Å²) in [6.45, 7) is 0.159. The van der Waals surface area contributed by atoms with Crippen LogP contribution in [0.2, 0.25) is 0 Å². The van der Waals surface area contributed by atoms with Crippen molar-refractivity contribution in [2.24, 2.45) is 5.73 Å². The van der Waals surface area contributed by atoms with Gasteiger partial charge in [0.15, 0.2) is 0 Å². The summed E-state index contributed by atoms with van der Waals surface area (Å²) in [4.78, 5) is 11.2. The van der Waals surface area contributed by atoms with Gasteiger partial charge in [-0.2, -0.15) is 4.31 Å². The van der Waals surface area contributed by atoms with Gasteiger partial charge < -0.3 is 10.5 Å². The molecule has 0 aromatic heterocycles. The molecule has 1 aromatic rings. The Bertz CT molecular complexity index is 637. The molecule has 1 amide bonds. The van der Waals surface area contributed by atoms with Crippen LogP contribution in [0.1, 0.15) is 0 Å². The van der Waals surface area contributed by atoms with E-state index in [4.69, 9.17) is 10.5 Å². The van der Waals surface area contributed by atoms with E-state index in [1.165, 1.54) is 29.6 Å². The highest BCUT2D eigenvalue weighted by atomic mass is 32.2. The van der Waals surface area contributed by atoms with Crippen molar-refractivity contribution >= 4 is 15.9 Å². The molecule has 0 spiro atoms. The lowest BCUT2D eigenvalue weighted by atomic mass is 10.3. The molecule has 1 aliphatic rings. The number of amides is 1. The molecule has 1 aromatic carbocycles. The number of rotatable bonds is 4. The summed E-state index contributed by atoms with van der Waals surface area (Å²) in [5.41, 5.74) is 5.45. The minimum absolute atomic E-state index is 0.00881. The summed E-state index contributed by atoms with van der Waals surface area (Å²) >= 11 is 0. The third-order valence-electron chi connectivity index (χ3n) is 2.88. The summed E-state index contributed by atoms with van der Waals surface area (Å²) < 4.78 is 30.9. The minimum Gasteiger partial charge on any atom is -0.497 e. The Hall–Kier alpha value is -1.86. The highest BCUT2D eigenvalue weighted by Gasteiger charge is 2.29. The van der Waals surface area contributed by atoms with Crippen LogP contribution in [-0.2, 0) is 14.8 Å². The third kappa shape index (κ3) is 2.61. The summed E-state index contributed by atoms with van der Waals surface area (Å²) in [6.07, 6.45) is 1.53. The lowest BCUT2D eigenvalue weighted by Crippen LogP contribution is -2.30. The molecule has 6 nitrogen and oxygen atoms in total. The molecular weight excluding hydrogens is 268 g/mol. The van der Waals surface area contributed by atoms with Gasteiger partial charge in [0.1, 0.15) is 5.75 Å². The minimum atomic E-state index is -3.64. The van der Waals surface area contributed by atoms with E-state index in [2.05, 4.69) is 0 Å². The van der Waals surface area contributed by atoms with Crippen LogP contribution in [0.4, 0.5) is 0 Å². The van der Waals surface area contributed by atoms with Gasteiger partial charge in [0.05, 0.1) is 12.0 Å². The van der Waals surface area contributed by atoms with Gasteiger partial charge in [-0.3, -0.25) is 4.79 Å². The maximum absolute atomic E-state index is 12.4. The molecule has 0 bridgehead atoms. The quantitative estimate of drug-likeness (QED) is 0.848. The van der Waals surface area contributed by atoms with E-state index in [-0.39, 0.29) is 18.0 Å². The van der Waals surface area contributed by atoms with Crippen LogP contribution in [0, 0.1) is 0 Å². The van der Waals surface area contributed by atoms with Crippen molar-refractivity contribution in [2.45, 2.75) is 4.90 Å². The fourth-order valence-corrected chi connectivity index (χ4v) is 3.20. The second-order valence-corrected chi connectivity index (χ2v) is 6.01. The number of primary amides is 1. The van der Waals surface area contributed by atoms with Gasteiger partial charge in [0.2, 0.25) is 15.9 Å². The van der Waals surface area contributed by atoms with Crippen LogP contribution in [-0.4, -0.2) is 38.8 Å². The summed E-state index contributed by atoms with van der Waals surface area (Å²) in [6, 6.07) is 6.19. The molecule has 19 heavy (non-hydrogen) atoms. The van der Waals surface area contributed by atoms with Crippen LogP contribution in [0.25, 0.3) is 0 Å². The molecule has 0 saturated carbocycles. The molecule has 1 aliphatic heterocycles. The molecule has 2 rings (SSSR count). The first-order chi connectivity index (χ1) is 8.95. The maximum atomic E-state index is 12.4. The Kier molecular flexibility index (Phi) is 3.59. The van der Waals surface area contributed by atoms with Gasteiger partial charge in [-0.1, -0.05) is 12.1 Å². The van der Waals surface area contributed by atoms with Gasteiger partial charge in [-0.15, -0.1) is 0 Å². The monoisotopic (exact) mass is 282 g/mol. The van der Waals surface area contributed by atoms with Gasteiger partial charge in [0.25, 0.3) is 0 Å². The second kappa shape index (κ2) is 5.02. The largest absolute Gasteiger partial charge is 0.497 e. The number of nitrogens with two attached hydrogens (primary N) is 1. The highest BCUT2D eigenvalue weighted by molar-refractivity contribution is 7.89. The van der Waals surface area contributed by atoms with E-state index in [9.17, 15) is 13.2 Å². The third-order valence-corrected chi connectivity index (χ3v) is 4.69. The number of carbonyl (C=O) groups is 1. The first-order valence-electron chi connectivity index (χ1n) is 5.58. The van der Waals surface area contributed by atoms with E-state index in [1.54, 1.807) is 12.1 Å². The lowest BCUT2D eigenvalue weighted by molar-refractivity contribution is -0.114. The van der Waals surface area contributed by atoms with Crippen LogP contribution in [0.3, 0.4) is 0 Å². The second-order valence-electron chi connectivity index (χ2n) is 4.07. The Morgan fingerprint density at radius 1 is 1.42 bits per heavy atom. The van der Waals surface area contributed by atoms with Crippen molar-refractivity contribution in [3.63, 3.8) is 0 Å². The SMILES string of the molecule is COc1cccc(S(=O)(=O)N2CC=C(C(N)=O)C2)c1. The predicted molar refractivity (Wildman–Crippen MR) is 69.0 cm³/mol. The van der Waals surface area contributed by atoms with Crippen LogP contribution < -0.4 is 10.5 Å². The Labute approximate surface area is 111 Å². The van der Waals surface area contributed by atoms with Crippen molar-refractivity contribution in [1.82, 2.24) is 4.31 Å². The average Bonchev–Trinajstić information content (AvgIpc) is 2.89. The predicted octanol–water partition coefficient (Wildman–Crippen LogP) is 0.111. The van der Waals surface area contributed by atoms with Crippen LogP contribution in [0.5, 0.6) is 5.75 Å². The first kappa shape index (κ1) is 13.6. The van der Waals surface area contributed by atoms with E-state index >= 15 is 0 Å². The molecule has 0 unspecified atom stereocenters. The van der Waals surface area contributed by atoms with E-state index in [0.717, 1.165) is 0 Å². The van der Waals surface area contributed by atoms with Gasteiger partial charge in [-0.05, 0) is 12.1 Å². The molecule has 1 heterocycles. The van der Waals surface area contributed by atoms with Gasteiger partial charge in [-0.25, -0.2) is 8.42 Å². The smallest absolute Gasteiger partial charge is 0.245 e. The van der Waals surface area contributed by atoms with Crippen LogP contribution >= 0.6 is 0 Å². The van der Waals surface area contributed by atoms with E-state index in [0.29, 0.717) is 11.3 Å². The zero-order valence-electron chi connectivity index (χ0n) is 10.4. The molecule has 0 aliphatic carbocycles. The molecule has 0 fully saturated rings. The van der Waals surface area contributed by atoms with Crippen molar-refractivity contribution in [3.8, 4) is 5.75 Å². The molecule has 2 N–H and O–H groups in total. The van der Waals surface area contributed by atoms with Crippen LogP contribution in [0.15, 0.2) is 40.8 Å². The molecule has 102 valence electrons. The Morgan fingerprint density at radius 2 is 2.16 bits per heavy atom. The van der Waals surface area contributed by atoms with Crippen molar-refractivity contribution in [3.05, 3.63) is 35.9 Å². The summed E-state index contributed by atoms with van der Waals surface area (Å²) in [7, 11) is -2.18. The number of hydrogen-bond acceptors (Lipinski definition) is 4. The number of ether oxygens (including phenoxy) is 1. The van der Waals surface area contributed by atoms with Crippen molar-refractivity contribution in [1.29, 1.82) is 0 Å². The Balaban J connectivity index is 2.27. The number of nitrogens with zero attached hydrogens (tertiary/aromatic N) is 1. The Morgan fingerprint density at radius 3 is 2.74 bits per heavy atom. The molecule has 0 saturated heterocycles. The summed E-state index contributed by atoms with van der Waals surface area (Å²) in [5, 5.41) is 0. The molecular formula is C12H14N2O4S. The highest BCUT2D eigenvalue weighted by Crippen LogP contribution is 2.23. The maximum Gasteiger partial charge on any atom is 0.245 e. The van der Waals surface area contributed by atoms with E-state index < -0.39 is 15.9 Å². The number of benzene rings is 1. The normalized spacial score (nSPS) is 16.2. The molecule has 0 atom stereocenters. The average molecular weight is 282 g/mol. The fraction of sp³-hybridized carbons (Fsp3) is 0.250. The lowest BCUT2D eigenvalue weighted by Gasteiger charge is -2.16. The zero-order chi connectivity index (χ0) is 14.0. The number of carbonyl (C=O) groups excluding carboxylic acids is 1. The topological polar surface area (TPSA) is 89.7 Å².